The number of nitrogens with two attached hydrogens (primary N) is 2. The molecule has 1 aromatic rings. The number of nitrogens with zero attached hydrogens (tertiary/aromatic N) is 2. The molecule has 2 bridgehead atoms. The Morgan fingerprint density at radius 2 is 1.60 bits per heavy atom. The maximum absolute atomic E-state index is 11.2. The third kappa shape index (κ3) is 1.13. The van der Waals surface area contributed by atoms with Crippen molar-refractivity contribution in [3.63, 3.8) is 0 Å². The molecule has 0 saturated carbocycles. The van der Waals surface area contributed by atoms with Crippen LogP contribution in [0.2, 0.25) is 0 Å². The van der Waals surface area contributed by atoms with Crippen LogP contribution in [0.15, 0.2) is 9.59 Å². The van der Waals surface area contributed by atoms with Crippen LogP contribution in [0.1, 0.15) is 0 Å². The Balaban J connectivity index is 2.98. The van der Waals surface area contributed by atoms with Gasteiger partial charge in [0.05, 0.1) is 0 Å². The maximum atomic E-state index is 11.2. The van der Waals surface area contributed by atoms with Crippen LogP contribution in [0.25, 0.3) is 0 Å². The molecule has 1 aliphatic heterocycles. The standard InChI is InChI=1S/C4H4N4O6S/c5-1-2(6)7-4(10)8(3(1)9)14-15(11,12)13-7/h5-6H2. The van der Waals surface area contributed by atoms with Gasteiger partial charge in [-0.25, -0.2) is 13.4 Å². The van der Waals surface area contributed by atoms with E-state index in [1.54, 1.807) is 0 Å². The topological polar surface area (TPSA) is 149 Å². The predicted octanol–water partition coefficient (Wildman–Crippen LogP) is -3.71. The first-order valence-corrected chi connectivity index (χ1v) is 4.75. The van der Waals surface area contributed by atoms with Gasteiger partial charge in [-0.15, -0.1) is 8.42 Å². The lowest BCUT2D eigenvalue weighted by atomic mass is 10.5. The largest absolute Gasteiger partial charge is 0.540 e. The molecule has 1 aromatic heterocycles. The number of hydrogen-bond donors (Lipinski definition) is 2. The van der Waals surface area contributed by atoms with E-state index < -0.39 is 33.2 Å². The third-order valence-corrected chi connectivity index (χ3v) is 2.25. The number of hydrogen-bond acceptors (Lipinski definition) is 8. The molecule has 82 valence electrons. The van der Waals surface area contributed by atoms with Crippen LogP contribution < -0.4 is 31.3 Å². The molecule has 0 saturated heterocycles. The van der Waals surface area contributed by atoms with Gasteiger partial charge in [-0.2, -0.15) is 0 Å². The Labute approximate surface area is 81.5 Å². The summed E-state index contributed by atoms with van der Waals surface area (Å²) in [5.74, 6) is -0.604. The lowest BCUT2D eigenvalue weighted by Crippen LogP contribution is -2.55. The Bertz CT molecular complexity index is 641. The van der Waals surface area contributed by atoms with E-state index in [0.29, 0.717) is 0 Å². The highest BCUT2D eigenvalue weighted by molar-refractivity contribution is 7.82. The van der Waals surface area contributed by atoms with E-state index in [-0.39, 0.29) is 9.46 Å². The molecule has 0 aliphatic carbocycles. The van der Waals surface area contributed by atoms with Gasteiger partial charge in [0.25, 0.3) is 0 Å². The maximum Gasteiger partial charge on any atom is 0.540 e. The van der Waals surface area contributed by atoms with Crippen LogP contribution in [0.4, 0.5) is 11.5 Å². The fourth-order valence-electron chi connectivity index (χ4n) is 0.935. The smallest absolute Gasteiger partial charge is 0.391 e. The van der Waals surface area contributed by atoms with E-state index in [1.807, 2.05) is 0 Å². The molecule has 0 radical (unpaired) electrons. The lowest BCUT2D eigenvalue weighted by molar-refractivity contribution is 0.114. The highest BCUT2D eigenvalue weighted by atomic mass is 32.3. The number of nitrogen functional groups attached to an aromatic ring is 2. The zero-order chi connectivity index (χ0) is 11.4. The molecule has 0 amide bonds. The van der Waals surface area contributed by atoms with Crippen molar-refractivity contribution in [1.29, 1.82) is 0 Å². The van der Waals surface area contributed by atoms with Crippen molar-refractivity contribution in [2.75, 3.05) is 11.5 Å². The minimum atomic E-state index is -4.52. The lowest BCUT2D eigenvalue weighted by Gasteiger charge is -2.17. The molecule has 0 fully saturated rings. The summed E-state index contributed by atoms with van der Waals surface area (Å²) in [5.41, 5.74) is 7.47. The molecule has 11 heteroatoms. The van der Waals surface area contributed by atoms with Gasteiger partial charge in [0.15, 0.2) is 5.82 Å². The monoisotopic (exact) mass is 236 g/mol. The number of fused-ring (bicyclic) bond motifs is 2. The minimum absolute atomic E-state index is 0.0650. The molecular formula is C4H4N4O6S. The van der Waals surface area contributed by atoms with Crippen molar-refractivity contribution < 1.29 is 17.0 Å². The summed E-state index contributed by atoms with van der Waals surface area (Å²) in [4.78, 5) is 22.4. The van der Waals surface area contributed by atoms with Crippen LogP contribution in [0.5, 0.6) is 0 Å². The number of rotatable bonds is 0. The van der Waals surface area contributed by atoms with Gasteiger partial charge in [-0.3, -0.25) is 4.79 Å². The molecule has 2 heterocycles. The zero-order valence-corrected chi connectivity index (χ0v) is 7.72. The van der Waals surface area contributed by atoms with Crippen LogP contribution in [-0.2, 0) is 10.4 Å². The van der Waals surface area contributed by atoms with E-state index in [9.17, 15) is 18.0 Å². The average molecular weight is 236 g/mol. The molecular weight excluding hydrogens is 232 g/mol. The second-order valence-electron chi connectivity index (χ2n) is 2.53. The van der Waals surface area contributed by atoms with Crippen molar-refractivity contribution in [3.8, 4) is 0 Å². The molecule has 4 N–H and O–H groups in total. The zero-order valence-electron chi connectivity index (χ0n) is 6.91. The van der Waals surface area contributed by atoms with Crippen molar-refractivity contribution in [3.05, 3.63) is 20.8 Å². The highest BCUT2D eigenvalue weighted by Crippen LogP contribution is 2.07. The summed E-state index contributed by atoms with van der Waals surface area (Å²) in [6.45, 7) is 0. The fourth-order valence-corrected chi connectivity index (χ4v) is 1.60. The molecule has 1 aliphatic rings. The second kappa shape index (κ2) is 2.44. The Hall–Kier alpha value is -2.17. The summed E-state index contributed by atoms with van der Waals surface area (Å²) < 4.78 is 29.8. The minimum Gasteiger partial charge on any atom is -0.391 e. The van der Waals surface area contributed by atoms with Crippen molar-refractivity contribution in [2.24, 2.45) is 0 Å². The van der Waals surface area contributed by atoms with Gasteiger partial charge in [-0.1, -0.05) is 9.46 Å². The molecule has 15 heavy (non-hydrogen) atoms. The number of anilines is 2. The first kappa shape index (κ1) is 9.39. The van der Waals surface area contributed by atoms with Gasteiger partial charge < -0.3 is 11.5 Å². The van der Waals surface area contributed by atoms with Crippen LogP contribution in [0, 0.1) is 0 Å². The van der Waals surface area contributed by atoms with E-state index in [2.05, 4.69) is 8.57 Å². The third-order valence-electron chi connectivity index (χ3n) is 1.59. The Morgan fingerprint density at radius 3 is 2.20 bits per heavy atom. The van der Waals surface area contributed by atoms with Crippen LogP contribution >= 0.6 is 0 Å². The van der Waals surface area contributed by atoms with Gasteiger partial charge >= 0.3 is 21.6 Å². The molecule has 0 unspecified atom stereocenters. The predicted molar refractivity (Wildman–Crippen MR) is 45.9 cm³/mol. The van der Waals surface area contributed by atoms with Gasteiger partial charge in [-0.05, 0) is 0 Å². The van der Waals surface area contributed by atoms with Crippen molar-refractivity contribution >= 4 is 21.9 Å². The summed E-state index contributed by atoms with van der Waals surface area (Å²) in [6, 6.07) is 0. The molecule has 0 spiro atoms. The second-order valence-corrected chi connectivity index (χ2v) is 3.65. The first-order valence-electron chi connectivity index (χ1n) is 3.41. The quantitative estimate of drug-likeness (QED) is 0.467. The van der Waals surface area contributed by atoms with Gasteiger partial charge in [0.1, 0.15) is 5.69 Å². The van der Waals surface area contributed by atoms with Crippen molar-refractivity contribution in [1.82, 2.24) is 9.46 Å². The summed E-state index contributed by atoms with van der Waals surface area (Å²) in [5, 5.41) is 0. The fraction of sp³-hybridized carbons (Fsp3) is 0. The Morgan fingerprint density at radius 1 is 1.07 bits per heavy atom. The Kier molecular flexibility index (Phi) is 1.53. The SMILES string of the molecule is Nc1c(N)n2c(=O)n(c1=O)OS(=O)(=O)O2. The van der Waals surface area contributed by atoms with E-state index in [4.69, 9.17) is 11.5 Å². The van der Waals surface area contributed by atoms with Gasteiger partial charge in [0, 0.05) is 0 Å². The van der Waals surface area contributed by atoms with Crippen LogP contribution in [0.3, 0.4) is 0 Å². The first-order chi connectivity index (χ1) is 6.83. The van der Waals surface area contributed by atoms with E-state index >= 15 is 0 Å². The highest BCUT2D eigenvalue weighted by Gasteiger charge is 2.31. The number of aromatic nitrogens is 2. The summed E-state index contributed by atoms with van der Waals surface area (Å²) in [7, 11) is -4.52. The normalized spacial score (nSPS) is 16.5. The summed E-state index contributed by atoms with van der Waals surface area (Å²) in [6.07, 6.45) is 0. The summed E-state index contributed by atoms with van der Waals surface area (Å²) >= 11 is 0. The van der Waals surface area contributed by atoms with Crippen LogP contribution in [-0.4, -0.2) is 17.9 Å². The molecule has 0 aromatic carbocycles. The van der Waals surface area contributed by atoms with E-state index in [0.717, 1.165) is 0 Å². The van der Waals surface area contributed by atoms with E-state index in [1.165, 1.54) is 0 Å². The van der Waals surface area contributed by atoms with Gasteiger partial charge in [0.2, 0.25) is 0 Å². The average Bonchev–Trinajstić information content (AvgIpc) is 2.16. The molecule has 2 rings (SSSR count). The van der Waals surface area contributed by atoms with Crippen molar-refractivity contribution in [2.45, 2.75) is 0 Å². The molecule has 10 nitrogen and oxygen atoms in total. The molecule has 0 atom stereocenters.